The summed E-state index contributed by atoms with van der Waals surface area (Å²) in [5.74, 6) is 1.41. The highest BCUT2D eigenvalue weighted by Gasteiger charge is 2.41. The predicted molar refractivity (Wildman–Crippen MR) is 117 cm³/mol. The number of nitrogens with one attached hydrogen (secondary N) is 2. The summed E-state index contributed by atoms with van der Waals surface area (Å²) in [6.07, 6.45) is 2.95. The average molecular weight is 423 g/mol. The number of benzene rings is 2. The Morgan fingerprint density at radius 1 is 1.13 bits per heavy atom. The largest absolute Gasteiger partial charge is 0.490 e. The molecule has 31 heavy (non-hydrogen) atoms. The Morgan fingerprint density at radius 2 is 1.94 bits per heavy atom. The normalized spacial score (nSPS) is 23.5. The quantitative estimate of drug-likeness (QED) is 0.793. The molecule has 2 amide bonds. The third kappa shape index (κ3) is 3.74. The molecular formula is C24H28N3O4+. The zero-order valence-corrected chi connectivity index (χ0v) is 17.7. The van der Waals surface area contributed by atoms with E-state index in [0.29, 0.717) is 18.9 Å². The molecule has 1 saturated heterocycles. The first-order valence-corrected chi connectivity index (χ1v) is 11.1. The zero-order valence-electron chi connectivity index (χ0n) is 17.7. The van der Waals surface area contributed by atoms with Crippen LogP contribution in [0.25, 0.3) is 0 Å². The standard InChI is InChI=1S/C24H27N3O4/c1-16(24(29)27-15-23(28)25-18-6-2-3-7-20(18)27)26-11-4-8-19(26)17-9-10-21-22(14-17)31-13-5-12-30-21/h2-3,6-7,9-10,14,16,19H,4-5,8,11-13,15H2,1H3,(H,25,28)/p+1/t16-,19+/m0/s1. The van der Waals surface area contributed by atoms with E-state index in [0.717, 1.165) is 43.0 Å². The smallest absolute Gasteiger partial charge is 0.285 e. The molecule has 162 valence electrons. The molecule has 2 aromatic carbocycles. The van der Waals surface area contributed by atoms with Crippen LogP contribution in [0.3, 0.4) is 0 Å². The fraction of sp³-hybridized carbons (Fsp3) is 0.417. The number of carbonyl (C=O) groups excluding carboxylic acids is 2. The Labute approximate surface area is 181 Å². The molecule has 3 aliphatic rings. The third-order valence-electron chi connectivity index (χ3n) is 6.54. The van der Waals surface area contributed by atoms with Gasteiger partial charge in [0.05, 0.1) is 31.1 Å². The van der Waals surface area contributed by atoms with Crippen molar-refractivity contribution >= 4 is 23.2 Å². The molecule has 0 bridgehead atoms. The fourth-order valence-corrected chi connectivity index (χ4v) is 4.99. The highest BCUT2D eigenvalue weighted by Crippen LogP contribution is 2.34. The van der Waals surface area contributed by atoms with Crippen LogP contribution >= 0.6 is 0 Å². The molecule has 0 aromatic heterocycles. The maximum atomic E-state index is 13.5. The molecule has 7 nitrogen and oxygen atoms in total. The van der Waals surface area contributed by atoms with Gasteiger partial charge in [0.25, 0.3) is 5.91 Å². The van der Waals surface area contributed by atoms with Crippen LogP contribution < -0.4 is 24.6 Å². The van der Waals surface area contributed by atoms with E-state index in [1.807, 2.05) is 37.3 Å². The Balaban J connectivity index is 1.39. The van der Waals surface area contributed by atoms with Gasteiger partial charge in [0.1, 0.15) is 12.6 Å². The summed E-state index contributed by atoms with van der Waals surface area (Å²) >= 11 is 0. The summed E-state index contributed by atoms with van der Waals surface area (Å²) in [5.41, 5.74) is 2.63. The molecule has 1 fully saturated rings. The highest BCUT2D eigenvalue weighted by atomic mass is 16.5. The van der Waals surface area contributed by atoms with Crippen LogP contribution in [0, 0.1) is 0 Å². The van der Waals surface area contributed by atoms with Gasteiger partial charge in [-0.1, -0.05) is 12.1 Å². The van der Waals surface area contributed by atoms with E-state index >= 15 is 0 Å². The molecule has 2 aromatic rings. The second kappa shape index (κ2) is 8.23. The van der Waals surface area contributed by atoms with Crippen molar-refractivity contribution in [1.82, 2.24) is 0 Å². The number of hydrogen-bond acceptors (Lipinski definition) is 4. The van der Waals surface area contributed by atoms with Gasteiger partial charge in [0.2, 0.25) is 5.91 Å². The number of ether oxygens (including phenoxy) is 2. The topological polar surface area (TPSA) is 72.3 Å². The Morgan fingerprint density at radius 3 is 2.81 bits per heavy atom. The van der Waals surface area contributed by atoms with Crippen molar-refractivity contribution in [2.24, 2.45) is 0 Å². The van der Waals surface area contributed by atoms with Gasteiger partial charge in [-0.05, 0) is 37.3 Å². The minimum absolute atomic E-state index is 0.0152. The van der Waals surface area contributed by atoms with Gasteiger partial charge >= 0.3 is 0 Å². The van der Waals surface area contributed by atoms with Crippen LogP contribution in [0.15, 0.2) is 42.5 Å². The molecule has 3 aliphatic heterocycles. The van der Waals surface area contributed by atoms with Crippen LogP contribution in [-0.4, -0.2) is 44.2 Å². The number of amides is 2. The SMILES string of the molecule is C[C@@H](C(=O)N1CC(=O)Nc2ccccc21)[NH+]1CCC[C@@H]1c1ccc2c(c1)OCCCO2. The van der Waals surface area contributed by atoms with E-state index in [4.69, 9.17) is 9.47 Å². The maximum absolute atomic E-state index is 13.5. The molecule has 7 heteroatoms. The molecule has 0 aliphatic carbocycles. The first-order valence-electron chi connectivity index (χ1n) is 11.1. The number of anilines is 2. The van der Waals surface area contributed by atoms with Crippen molar-refractivity contribution < 1.29 is 24.0 Å². The lowest BCUT2D eigenvalue weighted by atomic mass is 10.0. The van der Waals surface area contributed by atoms with Crippen molar-refractivity contribution in [3.05, 3.63) is 48.0 Å². The van der Waals surface area contributed by atoms with Crippen LogP contribution in [0.1, 0.15) is 37.8 Å². The molecule has 2 N–H and O–H groups in total. The minimum Gasteiger partial charge on any atom is -0.490 e. The summed E-state index contributed by atoms with van der Waals surface area (Å²) in [6, 6.07) is 13.6. The van der Waals surface area contributed by atoms with E-state index in [9.17, 15) is 9.59 Å². The summed E-state index contributed by atoms with van der Waals surface area (Å²) in [7, 11) is 0. The second-order valence-electron chi connectivity index (χ2n) is 8.49. The monoisotopic (exact) mass is 422 g/mol. The lowest BCUT2D eigenvalue weighted by molar-refractivity contribution is -0.932. The minimum atomic E-state index is -0.262. The first kappa shape index (κ1) is 19.9. The fourth-order valence-electron chi connectivity index (χ4n) is 4.99. The summed E-state index contributed by atoms with van der Waals surface area (Å²) in [4.78, 5) is 28.6. The number of likely N-dealkylation sites (tertiary alicyclic amines) is 1. The summed E-state index contributed by atoms with van der Waals surface area (Å²) in [6.45, 7) is 4.29. The number of nitrogens with zero attached hydrogens (tertiary/aromatic N) is 1. The number of hydrogen-bond donors (Lipinski definition) is 2. The van der Waals surface area contributed by atoms with E-state index in [2.05, 4.69) is 17.4 Å². The molecule has 3 atom stereocenters. The lowest BCUT2D eigenvalue weighted by Crippen LogP contribution is -3.15. The van der Waals surface area contributed by atoms with Gasteiger partial charge in [0.15, 0.2) is 17.5 Å². The van der Waals surface area contributed by atoms with Crippen molar-refractivity contribution in [2.45, 2.75) is 38.3 Å². The van der Waals surface area contributed by atoms with Gasteiger partial charge in [-0.2, -0.15) is 0 Å². The number of quaternary nitrogens is 1. The number of para-hydroxylation sites is 2. The summed E-state index contributed by atoms with van der Waals surface area (Å²) in [5, 5.41) is 2.86. The van der Waals surface area contributed by atoms with Crippen molar-refractivity contribution in [2.75, 3.05) is 36.5 Å². The van der Waals surface area contributed by atoms with Crippen molar-refractivity contribution in [3.63, 3.8) is 0 Å². The van der Waals surface area contributed by atoms with Gasteiger partial charge in [-0.25, -0.2) is 0 Å². The molecular weight excluding hydrogens is 394 g/mol. The molecule has 3 heterocycles. The number of carbonyl (C=O) groups is 2. The van der Waals surface area contributed by atoms with E-state index < -0.39 is 0 Å². The molecule has 5 rings (SSSR count). The van der Waals surface area contributed by atoms with Gasteiger partial charge in [-0.15, -0.1) is 0 Å². The number of fused-ring (bicyclic) bond motifs is 2. The van der Waals surface area contributed by atoms with E-state index in [-0.39, 0.29) is 30.4 Å². The van der Waals surface area contributed by atoms with Crippen LogP contribution in [0.5, 0.6) is 11.5 Å². The molecule has 0 radical (unpaired) electrons. The first-order chi connectivity index (χ1) is 15.1. The van der Waals surface area contributed by atoms with Crippen LogP contribution in [0.4, 0.5) is 11.4 Å². The van der Waals surface area contributed by atoms with Gasteiger partial charge in [0, 0.05) is 24.8 Å². The van der Waals surface area contributed by atoms with Crippen molar-refractivity contribution in [3.8, 4) is 11.5 Å². The van der Waals surface area contributed by atoms with Crippen molar-refractivity contribution in [1.29, 1.82) is 0 Å². The number of rotatable bonds is 3. The predicted octanol–water partition coefficient (Wildman–Crippen LogP) is 1.94. The highest BCUT2D eigenvalue weighted by molar-refractivity contribution is 6.10. The average Bonchev–Trinajstić information content (AvgIpc) is 3.16. The Kier molecular flexibility index (Phi) is 5.28. The Hall–Kier alpha value is -3.06. The van der Waals surface area contributed by atoms with Crippen LogP contribution in [0.2, 0.25) is 0 Å². The third-order valence-corrected chi connectivity index (χ3v) is 6.54. The molecule has 0 saturated carbocycles. The van der Waals surface area contributed by atoms with Crippen LogP contribution in [-0.2, 0) is 9.59 Å². The summed E-state index contributed by atoms with van der Waals surface area (Å²) < 4.78 is 11.7. The molecule has 1 unspecified atom stereocenters. The lowest BCUT2D eigenvalue weighted by Gasteiger charge is -2.34. The maximum Gasteiger partial charge on any atom is 0.285 e. The van der Waals surface area contributed by atoms with E-state index in [1.54, 1.807) is 4.90 Å². The second-order valence-corrected chi connectivity index (χ2v) is 8.49. The Bertz CT molecular complexity index is 1010. The van der Waals surface area contributed by atoms with E-state index in [1.165, 1.54) is 10.5 Å². The zero-order chi connectivity index (χ0) is 21.4. The van der Waals surface area contributed by atoms with Gasteiger partial charge < -0.3 is 19.7 Å². The van der Waals surface area contributed by atoms with Gasteiger partial charge in [-0.3, -0.25) is 14.5 Å². The molecule has 0 spiro atoms.